The van der Waals surface area contributed by atoms with E-state index in [2.05, 4.69) is 57.3 Å². The zero-order chi connectivity index (χ0) is 20.1. The largest absolute Gasteiger partial charge is 0.334 e. The zero-order valence-electron chi connectivity index (χ0n) is 17.1. The highest BCUT2D eigenvalue weighted by Gasteiger charge is 2.22. The van der Waals surface area contributed by atoms with Crippen molar-refractivity contribution in [1.82, 2.24) is 10.1 Å². The van der Waals surface area contributed by atoms with Gasteiger partial charge in [0.05, 0.1) is 0 Å². The molecule has 0 saturated heterocycles. The Bertz CT molecular complexity index is 893. The molecule has 0 bridgehead atoms. The molecule has 0 amide bonds. The van der Waals surface area contributed by atoms with Crippen LogP contribution in [0.5, 0.6) is 0 Å². The molecule has 1 heterocycles. The maximum absolute atomic E-state index is 5.51. The van der Waals surface area contributed by atoms with Gasteiger partial charge in [-0.1, -0.05) is 65.8 Å². The van der Waals surface area contributed by atoms with Gasteiger partial charge in [-0.2, -0.15) is 4.98 Å². The molecule has 1 fully saturated rings. The summed E-state index contributed by atoms with van der Waals surface area (Å²) in [5.74, 6) is 2.85. The molecule has 29 heavy (non-hydrogen) atoms. The maximum atomic E-state index is 5.51. The predicted molar refractivity (Wildman–Crippen MR) is 122 cm³/mol. The number of aromatic nitrogens is 2. The average molecular weight is 453 g/mol. The standard InChI is InChI=1S/C25H29BrN2O/c1-2-3-4-5-18-6-8-19(9-7-18)20-10-12-22(13-11-20)25-27-24(28-29-25)21-14-16-23(26)17-15-21/h10-19H,2-9H2,1H3. The van der Waals surface area contributed by atoms with Crippen LogP contribution in [0.15, 0.2) is 57.5 Å². The highest BCUT2D eigenvalue weighted by Crippen LogP contribution is 2.38. The Labute approximate surface area is 182 Å². The molecular weight excluding hydrogens is 424 g/mol. The Hall–Kier alpha value is -1.94. The third-order valence-electron chi connectivity index (χ3n) is 6.22. The van der Waals surface area contributed by atoms with Crippen LogP contribution in [-0.2, 0) is 0 Å². The summed E-state index contributed by atoms with van der Waals surface area (Å²) < 4.78 is 6.55. The van der Waals surface area contributed by atoms with Gasteiger partial charge in [-0.25, -0.2) is 0 Å². The van der Waals surface area contributed by atoms with Crippen molar-refractivity contribution in [3.63, 3.8) is 0 Å². The minimum atomic E-state index is 0.578. The van der Waals surface area contributed by atoms with E-state index in [1.54, 1.807) is 0 Å². The second-order valence-corrected chi connectivity index (χ2v) is 9.18. The van der Waals surface area contributed by atoms with Gasteiger partial charge in [0.2, 0.25) is 5.82 Å². The van der Waals surface area contributed by atoms with E-state index < -0.39 is 0 Å². The van der Waals surface area contributed by atoms with Crippen molar-refractivity contribution in [2.75, 3.05) is 0 Å². The number of rotatable bonds is 7. The van der Waals surface area contributed by atoms with E-state index >= 15 is 0 Å². The van der Waals surface area contributed by atoms with Crippen molar-refractivity contribution in [3.8, 4) is 22.8 Å². The first-order valence-corrected chi connectivity index (χ1v) is 11.7. The van der Waals surface area contributed by atoms with Crippen LogP contribution in [0.1, 0.15) is 69.8 Å². The number of nitrogens with zero attached hydrogens (tertiary/aromatic N) is 2. The molecule has 1 aliphatic rings. The van der Waals surface area contributed by atoms with Crippen LogP contribution in [0.4, 0.5) is 0 Å². The maximum Gasteiger partial charge on any atom is 0.258 e. The van der Waals surface area contributed by atoms with E-state index in [0.717, 1.165) is 21.5 Å². The van der Waals surface area contributed by atoms with Crippen LogP contribution >= 0.6 is 15.9 Å². The number of halogens is 1. The molecule has 1 saturated carbocycles. The zero-order valence-corrected chi connectivity index (χ0v) is 18.7. The summed E-state index contributed by atoms with van der Waals surface area (Å²) in [6, 6.07) is 16.7. The van der Waals surface area contributed by atoms with Crippen molar-refractivity contribution in [2.45, 2.75) is 64.2 Å². The Morgan fingerprint density at radius 2 is 1.59 bits per heavy atom. The molecule has 0 atom stereocenters. The first-order valence-electron chi connectivity index (χ1n) is 10.9. The van der Waals surface area contributed by atoms with Gasteiger partial charge in [0.1, 0.15) is 0 Å². The second kappa shape index (κ2) is 9.71. The quantitative estimate of drug-likeness (QED) is 0.340. The van der Waals surface area contributed by atoms with Gasteiger partial charge in [0.25, 0.3) is 5.89 Å². The van der Waals surface area contributed by atoms with E-state index in [0.29, 0.717) is 17.6 Å². The monoisotopic (exact) mass is 452 g/mol. The van der Waals surface area contributed by atoms with Crippen molar-refractivity contribution in [1.29, 1.82) is 0 Å². The predicted octanol–water partition coefficient (Wildman–Crippen LogP) is 8.02. The van der Waals surface area contributed by atoms with Gasteiger partial charge in [0, 0.05) is 15.6 Å². The minimum absolute atomic E-state index is 0.578. The number of hydrogen-bond acceptors (Lipinski definition) is 3. The van der Waals surface area contributed by atoms with Crippen molar-refractivity contribution >= 4 is 15.9 Å². The van der Waals surface area contributed by atoms with Gasteiger partial charge in [-0.05, 0) is 79.5 Å². The minimum Gasteiger partial charge on any atom is -0.334 e. The summed E-state index contributed by atoms with van der Waals surface area (Å²) in [5, 5.41) is 4.14. The Balaban J connectivity index is 1.37. The summed E-state index contributed by atoms with van der Waals surface area (Å²) in [7, 11) is 0. The molecule has 2 aromatic carbocycles. The van der Waals surface area contributed by atoms with Gasteiger partial charge < -0.3 is 4.52 Å². The number of hydrogen-bond donors (Lipinski definition) is 0. The molecule has 0 aliphatic heterocycles. The first kappa shape index (κ1) is 20.3. The molecule has 1 aromatic heterocycles. The molecule has 0 unspecified atom stereocenters. The Morgan fingerprint density at radius 3 is 2.28 bits per heavy atom. The van der Waals surface area contributed by atoms with Crippen molar-refractivity contribution < 1.29 is 4.52 Å². The summed E-state index contributed by atoms with van der Waals surface area (Å²) in [6.07, 6.45) is 11.0. The van der Waals surface area contributed by atoms with Crippen LogP contribution in [0.2, 0.25) is 0 Å². The third kappa shape index (κ3) is 5.16. The Kier molecular flexibility index (Phi) is 6.81. The lowest BCUT2D eigenvalue weighted by Crippen LogP contribution is -2.13. The van der Waals surface area contributed by atoms with Gasteiger partial charge >= 0.3 is 0 Å². The molecular formula is C25H29BrN2O. The van der Waals surface area contributed by atoms with Gasteiger partial charge in [0.15, 0.2) is 0 Å². The van der Waals surface area contributed by atoms with Crippen molar-refractivity contribution in [3.05, 3.63) is 58.6 Å². The SMILES string of the molecule is CCCCCC1CCC(c2ccc(-c3nc(-c4ccc(Br)cc4)no3)cc2)CC1. The molecule has 0 radical (unpaired) electrons. The van der Waals surface area contributed by atoms with E-state index in [-0.39, 0.29) is 0 Å². The van der Waals surface area contributed by atoms with Crippen LogP contribution in [-0.4, -0.2) is 10.1 Å². The molecule has 3 aromatic rings. The van der Waals surface area contributed by atoms with Crippen molar-refractivity contribution in [2.24, 2.45) is 5.92 Å². The fraction of sp³-hybridized carbons (Fsp3) is 0.440. The van der Waals surface area contributed by atoms with Crippen LogP contribution in [0.3, 0.4) is 0 Å². The van der Waals surface area contributed by atoms with Crippen LogP contribution < -0.4 is 0 Å². The van der Waals surface area contributed by atoms with Crippen LogP contribution in [0.25, 0.3) is 22.8 Å². The summed E-state index contributed by atoms with van der Waals surface area (Å²) in [5.41, 5.74) is 3.39. The molecule has 4 heteroatoms. The van der Waals surface area contributed by atoms with Gasteiger partial charge in [-0.15, -0.1) is 0 Å². The summed E-state index contributed by atoms with van der Waals surface area (Å²) in [4.78, 5) is 4.57. The molecule has 4 rings (SSSR count). The topological polar surface area (TPSA) is 38.9 Å². The molecule has 1 aliphatic carbocycles. The molecule has 152 valence electrons. The lowest BCUT2D eigenvalue weighted by Gasteiger charge is -2.29. The highest BCUT2D eigenvalue weighted by molar-refractivity contribution is 9.10. The normalized spacial score (nSPS) is 19.4. The van der Waals surface area contributed by atoms with Gasteiger partial charge in [-0.3, -0.25) is 0 Å². The first-order chi connectivity index (χ1) is 14.2. The van der Waals surface area contributed by atoms with E-state index in [1.807, 2.05) is 24.3 Å². The average Bonchev–Trinajstić information content (AvgIpc) is 3.25. The van der Waals surface area contributed by atoms with E-state index in [9.17, 15) is 0 Å². The highest BCUT2D eigenvalue weighted by atomic mass is 79.9. The Morgan fingerprint density at radius 1 is 0.897 bits per heavy atom. The fourth-order valence-corrected chi connectivity index (χ4v) is 4.69. The van der Waals surface area contributed by atoms with Crippen LogP contribution in [0, 0.1) is 5.92 Å². The number of unbranched alkanes of at least 4 members (excludes halogenated alkanes) is 2. The summed E-state index contributed by atoms with van der Waals surface area (Å²) in [6.45, 7) is 2.29. The fourth-order valence-electron chi connectivity index (χ4n) is 4.42. The van der Waals surface area contributed by atoms with E-state index in [1.165, 1.54) is 56.9 Å². The number of benzene rings is 2. The summed E-state index contributed by atoms with van der Waals surface area (Å²) >= 11 is 3.45. The molecule has 3 nitrogen and oxygen atoms in total. The second-order valence-electron chi connectivity index (χ2n) is 8.27. The van der Waals surface area contributed by atoms with E-state index in [4.69, 9.17) is 4.52 Å². The molecule has 0 spiro atoms. The lowest BCUT2D eigenvalue weighted by molar-refractivity contribution is 0.303. The molecule has 0 N–H and O–H groups in total. The lowest BCUT2D eigenvalue weighted by atomic mass is 9.77. The smallest absolute Gasteiger partial charge is 0.258 e. The third-order valence-corrected chi connectivity index (χ3v) is 6.75.